The molecule has 5 heterocycles. The van der Waals surface area contributed by atoms with Gasteiger partial charge in [-0.15, -0.1) is 0 Å². The second-order valence-corrected chi connectivity index (χ2v) is 13.5. The third-order valence-corrected chi connectivity index (χ3v) is 10.7. The molecule has 1 aliphatic heterocycles. The third-order valence-electron chi connectivity index (χ3n) is 10.7. The average Bonchev–Trinajstić information content (AvgIpc) is 3.91. The van der Waals surface area contributed by atoms with E-state index in [1.165, 1.54) is 22.2 Å². The van der Waals surface area contributed by atoms with Gasteiger partial charge >= 0.3 is 0 Å². The number of benzene rings is 5. The van der Waals surface area contributed by atoms with Crippen LogP contribution in [0.15, 0.2) is 177 Å². The minimum Gasteiger partial charge on any atom is -0.331 e. The highest BCUT2D eigenvalue weighted by Crippen LogP contribution is 2.57. The van der Waals surface area contributed by atoms with E-state index >= 15 is 0 Å². The van der Waals surface area contributed by atoms with Crippen LogP contribution in [0.1, 0.15) is 11.5 Å². The van der Waals surface area contributed by atoms with Crippen LogP contribution in [0.3, 0.4) is 0 Å². The van der Waals surface area contributed by atoms with Gasteiger partial charge in [-0.05, 0) is 53.6 Å². The number of hydrogen-bond donors (Lipinski definition) is 0. The quantitative estimate of drug-likeness (QED) is 0.181. The van der Waals surface area contributed by atoms with Gasteiger partial charge in [-0.1, -0.05) is 103 Å². The maximum Gasteiger partial charge on any atom is 0.146 e. The van der Waals surface area contributed by atoms with E-state index in [1.54, 1.807) is 6.33 Å². The number of anilines is 2. The zero-order valence-electron chi connectivity index (χ0n) is 28.5. The Kier molecular flexibility index (Phi) is 6.54. The predicted octanol–water partition coefficient (Wildman–Crippen LogP) is 10.4. The van der Waals surface area contributed by atoms with Gasteiger partial charge in [0.25, 0.3) is 0 Å². The lowest BCUT2D eigenvalue weighted by Crippen LogP contribution is -2.28. The van der Waals surface area contributed by atoms with Crippen molar-refractivity contribution in [3.05, 3.63) is 182 Å². The first kappa shape index (κ1) is 29.6. The largest absolute Gasteiger partial charge is 0.331 e. The van der Waals surface area contributed by atoms with Gasteiger partial charge in [-0.25, -0.2) is 15.0 Å². The number of imidazole rings is 1. The van der Waals surface area contributed by atoms with Crippen LogP contribution in [-0.2, 0) is 0 Å². The molecule has 0 saturated heterocycles. The summed E-state index contributed by atoms with van der Waals surface area (Å²) in [5, 5.41) is 2.29. The van der Waals surface area contributed by atoms with E-state index in [0.717, 1.165) is 61.5 Å². The maximum absolute atomic E-state index is 5.64. The molecule has 0 spiro atoms. The van der Waals surface area contributed by atoms with Crippen LogP contribution in [0.2, 0.25) is 0 Å². The normalized spacial score (nSPS) is 16.1. The minimum absolute atomic E-state index is 0.0248. The van der Waals surface area contributed by atoms with Crippen LogP contribution >= 0.6 is 0 Å². The number of aromatic nitrogens is 6. The highest BCUT2D eigenvalue weighted by atomic mass is 15.2. The topological polar surface area (TPSA) is 64.7 Å². The monoisotopic (exact) mass is 681 g/mol. The standard InChI is InChI=1S/C46H31N7/c1-3-12-30(13-4-1)32-14-11-17-34(26-32)52-39-21-10-8-19-37(39)41-43-40(36-18-7-9-20-38(36)51(43)33-15-5-2-6-16-33)42-45(44(41)52)53(35-27-48-29-49-28-35)46(50-42)31-22-24-47-25-23-31/h1-29,37,39H. The molecule has 11 rings (SSSR count). The van der Waals surface area contributed by atoms with Crippen molar-refractivity contribution in [3.8, 4) is 33.9 Å². The van der Waals surface area contributed by atoms with Gasteiger partial charge in [0.05, 0.1) is 46.4 Å². The summed E-state index contributed by atoms with van der Waals surface area (Å²) >= 11 is 0. The zero-order valence-corrected chi connectivity index (χ0v) is 28.5. The number of hydrogen-bond acceptors (Lipinski definition) is 5. The van der Waals surface area contributed by atoms with E-state index in [4.69, 9.17) is 4.98 Å². The molecule has 0 saturated carbocycles. The maximum atomic E-state index is 5.64. The molecule has 7 nitrogen and oxygen atoms in total. The fourth-order valence-electron chi connectivity index (χ4n) is 8.57. The molecule has 4 aromatic heterocycles. The van der Waals surface area contributed by atoms with Crippen molar-refractivity contribution >= 4 is 44.2 Å². The van der Waals surface area contributed by atoms with Crippen LogP contribution < -0.4 is 4.90 Å². The van der Waals surface area contributed by atoms with Gasteiger partial charge < -0.3 is 9.47 Å². The van der Waals surface area contributed by atoms with Gasteiger partial charge in [-0.3, -0.25) is 9.55 Å². The summed E-state index contributed by atoms with van der Waals surface area (Å²) in [6.07, 6.45) is 18.1. The summed E-state index contributed by atoms with van der Waals surface area (Å²) in [7, 11) is 0. The van der Waals surface area contributed by atoms with Crippen molar-refractivity contribution in [3.63, 3.8) is 0 Å². The van der Waals surface area contributed by atoms with Crippen molar-refractivity contribution in [1.82, 2.24) is 29.1 Å². The van der Waals surface area contributed by atoms with Gasteiger partial charge in [0.15, 0.2) is 0 Å². The average molecular weight is 682 g/mol. The summed E-state index contributed by atoms with van der Waals surface area (Å²) in [4.78, 5) is 21.6. The van der Waals surface area contributed by atoms with E-state index in [0.29, 0.717) is 0 Å². The number of rotatable bonds is 5. The molecule has 0 amide bonds. The van der Waals surface area contributed by atoms with Crippen LogP contribution in [0.4, 0.5) is 11.4 Å². The van der Waals surface area contributed by atoms with Crippen molar-refractivity contribution in [2.45, 2.75) is 12.0 Å². The Morgan fingerprint density at radius 3 is 2.09 bits per heavy atom. The van der Waals surface area contributed by atoms with Crippen molar-refractivity contribution in [1.29, 1.82) is 0 Å². The molecule has 2 aliphatic rings. The molecular formula is C46H31N7. The molecule has 1 aliphatic carbocycles. The molecule has 2 unspecified atom stereocenters. The lowest BCUT2D eigenvalue weighted by molar-refractivity contribution is 0.746. The predicted molar refractivity (Wildman–Crippen MR) is 213 cm³/mol. The van der Waals surface area contributed by atoms with E-state index in [-0.39, 0.29) is 12.0 Å². The Morgan fingerprint density at radius 1 is 0.547 bits per heavy atom. The summed E-state index contributed by atoms with van der Waals surface area (Å²) in [6.45, 7) is 0. The smallest absolute Gasteiger partial charge is 0.146 e. The summed E-state index contributed by atoms with van der Waals surface area (Å²) < 4.78 is 4.71. The van der Waals surface area contributed by atoms with Gasteiger partial charge in [0, 0.05) is 51.6 Å². The Morgan fingerprint density at radius 2 is 1.26 bits per heavy atom. The molecular weight excluding hydrogens is 651 g/mol. The lowest BCUT2D eigenvalue weighted by atomic mass is 9.89. The Labute approximate surface area is 305 Å². The van der Waals surface area contributed by atoms with Crippen LogP contribution in [0, 0.1) is 0 Å². The van der Waals surface area contributed by atoms with E-state index in [2.05, 4.69) is 162 Å². The first-order chi connectivity index (χ1) is 26.3. The van der Waals surface area contributed by atoms with Gasteiger partial charge in [0.2, 0.25) is 0 Å². The number of allylic oxidation sites excluding steroid dienone is 2. The van der Waals surface area contributed by atoms with Gasteiger partial charge in [0.1, 0.15) is 17.7 Å². The third kappa shape index (κ3) is 4.40. The van der Waals surface area contributed by atoms with Crippen LogP contribution in [0.25, 0.3) is 66.7 Å². The molecule has 7 heteroatoms. The van der Waals surface area contributed by atoms with Crippen molar-refractivity contribution in [2.24, 2.45) is 0 Å². The van der Waals surface area contributed by atoms with Gasteiger partial charge in [-0.2, -0.15) is 0 Å². The fourth-order valence-corrected chi connectivity index (χ4v) is 8.57. The SMILES string of the molecule is C1=CC2c3c(c4c(nc(-c5ccncc5)n4-c4cncnc4)c4c5ccccc5n(-c5ccccc5)c34)N(c3cccc(-c4ccccc4)c3)C2C=C1. The molecule has 5 aromatic carbocycles. The highest BCUT2D eigenvalue weighted by molar-refractivity contribution is 6.25. The molecule has 250 valence electrons. The van der Waals surface area contributed by atoms with Crippen LogP contribution in [-0.4, -0.2) is 35.1 Å². The number of para-hydroxylation sites is 2. The van der Waals surface area contributed by atoms with E-state index < -0.39 is 0 Å². The highest BCUT2D eigenvalue weighted by Gasteiger charge is 2.43. The Bertz CT molecular complexity index is 2890. The number of pyridine rings is 1. The fraction of sp³-hybridized carbons (Fsp3) is 0.0435. The van der Waals surface area contributed by atoms with Crippen LogP contribution in [0.5, 0.6) is 0 Å². The first-order valence-corrected chi connectivity index (χ1v) is 17.9. The molecule has 0 radical (unpaired) electrons. The number of fused-ring (bicyclic) bond motifs is 10. The molecule has 0 bridgehead atoms. The molecule has 9 aromatic rings. The molecule has 2 atom stereocenters. The second kappa shape index (κ2) is 11.7. The van der Waals surface area contributed by atoms with E-state index in [9.17, 15) is 0 Å². The van der Waals surface area contributed by atoms with E-state index in [1.807, 2.05) is 36.9 Å². The second-order valence-electron chi connectivity index (χ2n) is 13.5. The summed E-state index contributed by atoms with van der Waals surface area (Å²) in [6, 6.07) is 43.1. The Balaban J connectivity index is 1.37. The van der Waals surface area contributed by atoms with Crippen molar-refractivity contribution in [2.75, 3.05) is 4.90 Å². The molecule has 53 heavy (non-hydrogen) atoms. The number of nitrogens with zero attached hydrogens (tertiary/aromatic N) is 7. The summed E-state index contributed by atoms with van der Waals surface area (Å²) in [5.41, 5.74) is 13.0. The zero-order chi connectivity index (χ0) is 34.9. The summed E-state index contributed by atoms with van der Waals surface area (Å²) in [5.74, 6) is 0.871. The first-order valence-electron chi connectivity index (χ1n) is 17.9. The Hall–Kier alpha value is -7.12. The van der Waals surface area contributed by atoms with Crippen molar-refractivity contribution < 1.29 is 0 Å². The minimum atomic E-state index is 0.0248. The lowest BCUT2D eigenvalue weighted by Gasteiger charge is -2.29. The molecule has 0 N–H and O–H groups in total. The molecule has 0 fully saturated rings.